The van der Waals surface area contributed by atoms with Crippen molar-refractivity contribution in [1.82, 2.24) is 10.3 Å². The maximum absolute atomic E-state index is 11.5. The van der Waals surface area contributed by atoms with Crippen molar-refractivity contribution >= 4 is 33.2 Å². The van der Waals surface area contributed by atoms with Gasteiger partial charge in [0, 0.05) is 11.5 Å². The second-order valence-electron chi connectivity index (χ2n) is 6.60. The minimum Gasteiger partial charge on any atom is -0.369 e. The molecule has 130 valence electrons. The average Bonchev–Trinajstić information content (AvgIpc) is 2.59. The Morgan fingerprint density at radius 3 is 2.52 bits per heavy atom. The molecule has 2 aromatic carbocycles. The number of para-hydroxylation sites is 1. The fourth-order valence-corrected chi connectivity index (χ4v) is 2.91. The first-order chi connectivity index (χ1) is 12.0. The summed E-state index contributed by atoms with van der Waals surface area (Å²) in [5.74, 6) is 0.518. The van der Waals surface area contributed by atoms with Crippen LogP contribution in [0.2, 0.25) is 0 Å². The summed E-state index contributed by atoms with van der Waals surface area (Å²) in [7, 11) is 0. The van der Waals surface area contributed by atoms with E-state index >= 15 is 0 Å². The van der Waals surface area contributed by atoms with Crippen molar-refractivity contribution in [3.05, 3.63) is 52.6 Å². The summed E-state index contributed by atoms with van der Waals surface area (Å²) in [4.78, 5) is 15.8. The van der Waals surface area contributed by atoms with E-state index in [1.54, 1.807) is 6.07 Å². The third-order valence-electron chi connectivity index (χ3n) is 4.07. The first kappa shape index (κ1) is 17.1. The monoisotopic (exact) mass is 338 g/mol. The van der Waals surface area contributed by atoms with Crippen molar-refractivity contribution in [2.24, 2.45) is 5.92 Å². The number of aromatic nitrogens is 1. The van der Waals surface area contributed by atoms with Gasteiger partial charge in [0.15, 0.2) is 0 Å². The van der Waals surface area contributed by atoms with Gasteiger partial charge in [-0.2, -0.15) is 0 Å². The van der Waals surface area contributed by atoms with Crippen molar-refractivity contribution in [3.63, 3.8) is 0 Å². The van der Waals surface area contributed by atoms with Crippen molar-refractivity contribution in [2.45, 2.75) is 26.9 Å². The van der Waals surface area contributed by atoms with Crippen LogP contribution in [0.4, 0.5) is 11.4 Å². The van der Waals surface area contributed by atoms with Gasteiger partial charge in [-0.05, 0) is 31.5 Å². The molecular formula is C19H22N4O2. The molecule has 25 heavy (non-hydrogen) atoms. The number of non-ortho nitro benzene ring substituents is 1. The second kappa shape index (κ2) is 7.03. The van der Waals surface area contributed by atoms with E-state index in [0.29, 0.717) is 16.8 Å². The summed E-state index contributed by atoms with van der Waals surface area (Å²) in [6.45, 7) is 7.15. The Morgan fingerprint density at radius 1 is 1.08 bits per heavy atom. The number of pyridine rings is 1. The molecule has 1 atom stereocenters. The third kappa shape index (κ3) is 3.53. The van der Waals surface area contributed by atoms with Gasteiger partial charge in [-0.15, -0.1) is 0 Å². The lowest BCUT2D eigenvalue weighted by atomic mass is 10.1. The zero-order valence-electron chi connectivity index (χ0n) is 14.6. The molecule has 0 saturated carbocycles. The molecule has 0 aliphatic heterocycles. The van der Waals surface area contributed by atoms with Crippen LogP contribution in [0.3, 0.4) is 0 Å². The van der Waals surface area contributed by atoms with Crippen LogP contribution in [0.1, 0.15) is 20.8 Å². The summed E-state index contributed by atoms with van der Waals surface area (Å²) < 4.78 is 0. The maximum atomic E-state index is 11.5. The molecule has 0 bridgehead atoms. The van der Waals surface area contributed by atoms with E-state index in [2.05, 4.69) is 29.5 Å². The Kier molecular flexibility index (Phi) is 4.81. The van der Waals surface area contributed by atoms with E-state index in [0.717, 1.165) is 23.1 Å². The lowest BCUT2D eigenvalue weighted by Crippen LogP contribution is -2.35. The molecule has 0 fully saturated rings. The zero-order chi connectivity index (χ0) is 18.0. The second-order valence-corrected chi connectivity index (χ2v) is 6.60. The summed E-state index contributed by atoms with van der Waals surface area (Å²) in [6, 6.07) is 12.7. The fourth-order valence-electron chi connectivity index (χ4n) is 2.91. The molecule has 6 heteroatoms. The van der Waals surface area contributed by atoms with E-state index in [-0.39, 0.29) is 16.8 Å². The van der Waals surface area contributed by atoms with Crippen LogP contribution in [0.25, 0.3) is 21.8 Å². The lowest BCUT2D eigenvalue weighted by molar-refractivity contribution is -0.383. The highest BCUT2D eigenvalue weighted by atomic mass is 16.6. The topological polar surface area (TPSA) is 80.1 Å². The van der Waals surface area contributed by atoms with Gasteiger partial charge >= 0.3 is 0 Å². The summed E-state index contributed by atoms with van der Waals surface area (Å²) in [5.41, 5.74) is 2.24. The Labute approximate surface area is 146 Å². The number of nitro groups is 1. The molecule has 1 heterocycles. The van der Waals surface area contributed by atoms with Crippen molar-refractivity contribution in [1.29, 1.82) is 0 Å². The SMILES string of the molecule is CC(C)CNC(C)Nc1c2ccccc2nc2cccc([N+](=O)[O-])c12. The van der Waals surface area contributed by atoms with E-state index in [1.165, 1.54) is 6.07 Å². The van der Waals surface area contributed by atoms with Crippen LogP contribution in [-0.4, -0.2) is 22.6 Å². The number of hydrogen-bond donors (Lipinski definition) is 2. The Balaban J connectivity index is 2.18. The van der Waals surface area contributed by atoms with Crippen LogP contribution in [0, 0.1) is 16.0 Å². The molecule has 1 aromatic heterocycles. The zero-order valence-corrected chi connectivity index (χ0v) is 14.6. The minimum atomic E-state index is -0.351. The van der Waals surface area contributed by atoms with Gasteiger partial charge < -0.3 is 5.32 Å². The Bertz CT molecular complexity index is 924. The number of nitrogens with zero attached hydrogens (tertiary/aromatic N) is 2. The van der Waals surface area contributed by atoms with Crippen molar-refractivity contribution in [3.8, 4) is 0 Å². The first-order valence-corrected chi connectivity index (χ1v) is 8.43. The summed E-state index contributed by atoms with van der Waals surface area (Å²) >= 11 is 0. The Hall–Kier alpha value is -2.73. The fraction of sp³-hybridized carbons (Fsp3) is 0.316. The number of anilines is 1. The third-order valence-corrected chi connectivity index (χ3v) is 4.07. The number of nitrogens with one attached hydrogen (secondary N) is 2. The standard InChI is InChI=1S/C19H22N4O2/c1-12(2)11-20-13(3)21-19-14-7-4-5-8-15(14)22-16-9-6-10-17(18(16)19)23(24)25/h4-10,12-13,20H,11H2,1-3H3,(H,21,22). The molecule has 3 aromatic rings. The summed E-state index contributed by atoms with van der Waals surface area (Å²) in [6.07, 6.45) is -0.0313. The highest BCUT2D eigenvalue weighted by Gasteiger charge is 2.20. The summed E-state index contributed by atoms with van der Waals surface area (Å²) in [5, 5.41) is 19.8. The predicted molar refractivity (Wildman–Crippen MR) is 102 cm³/mol. The normalized spacial score (nSPS) is 12.6. The van der Waals surface area contributed by atoms with E-state index in [1.807, 2.05) is 37.3 Å². The minimum absolute atomic E-state index is 0.0313. The average molecular weight is 338 g/mol. The van der Waals surface area contributed by atoms with Crippen LogP contribution < -0.4 is 10.6 Å². The van der Waals surface area contributed by atoms with Crippen LogP contribution in [-0.2, 0) is 0 Å². The van der Waals surface area contributed by atoms with E-state index in [9.17, 15) is 10.1 Å². The van der Waals surface area contributed by atoms with Crippen LogP contribution in [0.15, 0.2) is 42.5 Å². The molecule has 1 unspecified atom stereocenters. The molecule has 2 N–H and O–H groups in total. The molecule has 0 radical (unpaired) electrons. The number of benzene rings is 2. The lowest BCUT2D eigenvalue weighted by Gasteiger charge is -2.21. The first-order valence-electron chi connectivity index (χ1n) is 8.43. The highest BCUT2D eigenvalue weighted by molar-refractivity contribution is 6.11. The van der Waals surface area contributed by atoms with Gasteiger partial charge in [0.25, 0.3) is 5.69 Å². The molecule has 0 amide bonds. The maximum Gasteiger partial charge on any atom is 0.280 e. The molecular weight excluding hydrogens is 316 g/mol. The van der Waals surface area contributed by atoms with Gasteiger partial charge in [0.1, 0.15) is 5.39 Å². The molecule has 6 nitrogen and oxygen atoms in total. The smallest absolute Gasteiger partial charge is 0.280 e. The van der Waals surface area contributed by atoms with Crippen LogP contribution in [0.5, 0.6) is 0 Å². The van der Waals surface area contributed by atoms with Crippen LogP contribution >= 0.6 is 0 Å². The number of fused-ring (bicyclic) bond motifs is 2. The number of rotatable bonds is 6. The van der Waals surface area contributed by atoms with Gasteiger partial charge in [-0.1, -0.05) is 38.1 Å². The molecule has 0 spiro atoms. The largest absolute Gasteiger partial charge is 0.369 e. The van der Waals surface area contributed by atoms with Gasteiger partial charge in [-0.25, -0.2) is 4.98 Å². The van der Waals surface area contributed by atoms with Crippen molar-refractivity contribution in [2.75, 3.05) is 11.9 Å². The molecule has 3 rings (SSSR count). The quantitative estimate of drug-likeness (QED) is 0.303. The number of hydrogen-bond acceptors (Lipinski definition) is 5. The Morgan fingerprint density at radius 2 is 1.80 bits per heavy atom. The van der Waals surface area contributed by atoms with Gasteiger partial charge in [0.05, 0.1) is 27.8 Å². The molecule has 0 aliphatic carbocycles. The van der Waals surface area contributed by atoms with E-state index < -0.39 is 0 Å². The predicted octanol–water partition coefficient (Wildman–Crippen LogP) is 4.30. The van der Waals surface area contributed by atoms with Gasteiger partial charge in [0.2, 0.25) is 0 Å². The highest BCUT2D eigenvalue weighted by Crippen LogP contribution is 2.36. The van der Waals surface area contributed by atoms with Gasteiger partial charge in [-0.3, -0.25) is 15.4 Å². The number of nitro benzene ring substituents is 1. The van der Waals surface area contributed by atoms with Crippen molar-refractivity contribution < 1.29 is 4.92 Å². The van der Waals surface area contributed by atoms with E-state index in [4.69, 9.17) is 0 Å². The molecule has 0 aliphatic rings. The molecule has 0 saturated heterocycles.